The van der Waals surface area contributed by atoms with Gasteiger partial charge in [0.05, 0.1) is 22.3 Å². The summed E-state index contributed by atoms with van der Waals surface area (Å²) in [4.78, 5) is 13.4. The van der Waals surface area contributed by atoms with Crippen LogP contribution >= 0.6 is 27.5 Å². The third kappa shape index (κ3) is 1.92. The van der Waals surface area contributed by atoms with Crippen LogP contribution in [0.2, 0.25) is 5.02 Å². The number of benzene rings is 1. The van der Waals surface area contributed by atoms with E-state index in [0.717, 1.165) is 23.1 Å². The van der Waals surface area contributed by atoms with Crippen LogP contribution in [0.3, 0.4) is 0 Å². The fraction of sp³-hybridized carbons (Fsp3) is 0.364. The average Bonchev–Trinajstić information content (AvgIpc) is 2.23. The van der Waals surface area contributed by atoms with Crippen LogP contribution in [0.5, 0.6) is 0 Å². The summed E-state index contributed by atoms with van der Waals surface area (Å²) in [6.07, 6.45) is 0.825. The number of nitrogens with zero attached hydrogens (tertiary/aromatic N) is 1. The van der Waals surface area contributed by atoms with Crippen molar-refractivity contribution in [1.82, 2.24) is 0 Å². The zero-order chi connectivity index (χ0) is 11.7. The molecule has 1 saturated heterocycles. The predicted octanol–water partition coefficient (Wildman–Crippen LogP) is 2.85. The molecule has 1 aromatic carbocycles. The maximum Gasteiger partial charge on any atom is 0.328 e. The molecular formula is C11H11BrClNO2. The van der Waals surface area contributed by atoms with Gasteiger partial charge in [-0.2, -0.15) is 0 Å². The Morgan fingerprint density at radius 3 is 2.94 bits per heavy atom. The molecule has 0 radical (unpaired) electrons. The Bertz CT molecular complexity index is 424. The number of carbonyl (C=O) groups is 1. The summed E-state index contributed by atoms with van der Waals surface area (Å²) in [5, 5.41) is 0.646. The second kappa shape index (κ2) is 4.63. The first kappa shape index (κ1) is 11.7. The molecule has 0 aromatic heterocycles. The standard InChI is InChI=1S/C11H11BrClNO2/c1-16-11(15)9-5-6-14(9)8-4-2-3-7(13)10(8)12/h2-4,9H,5-6H2,1H3. The summed E-state index contributed by atoms with van der Waals surface area (Å²) in [5.74, 6) is -0.196. The highest BCUT2D eigenvalue weighted by Gasteiger charge is 2.36. The third-order valence-corrected chi connectivity index (χ3v) is 4.11. The van der Waals surface area contributed by atoms with E-state index in [2.05, 4.69) is 15.9 Å². The number of esters is 1. The first-order valence-corrected chi connectivity index (χ1v) is 6.10. The van der Waals surface area contributed by atoms with Crippen molar-refractivity contribution in [1.29, 1.82) is 0 Å². The lowest BCUT2D eigenvalue weighted by molar-refractivity contribution is -0.143. The van der Waals surface area contributed by atoms with Gasteiger partial charge >= 0.3 is 5.97 Å². The molecule has 0 aliphatic carbocycles. The summed E-state index contributed by atoms with van der Waals surface area (Å²) >= 11 is 9.44. The number of rotatable bonds is 2. The lowest BCUT2D eigenvalue weighted by atomic mass is 10.0. The lowest BCUT2D eigenvalue weighted by Gasteiger charge is -2.41. The van der Waals surface area contributed by atoms with Crippen LogP contribution < -0.4 is 4.90 Å². The zero-order valence-electron chi connectivity index (χ0n) is 8.74. The van der Waals surface area contributed by atoms with Crippen LogP contribution in [-0.4, -0.2) is 25.7 Å². The van der Waals surface area contributed by atoms with E-state index in [0.29, 0.717) is 5.02 Å². The number of anilines is 1. The van der Waals surface area contributed by atoms with Gasteiger partial charge in [-0.05, 0) is 34.5 Å². The van der Waals surface area contributed by atoms with E-state index in [1.807, 2.05) is 23.1 Å². The van der Waals surface area contributed by atoms with Crippen molar-refractivity contribution in [3.8, 4) is 0 Å². The molecule has 16 heavy (non-hydrogen) atoms. The van der Waals surface area contributed by atoms with Gasteiger partial charge in [-0.3, -0.25) is 0 Å². The fourth-order valence-electron chi connectivity index (χ4n) is 1.77. The summed E-state index contributed by atoms with van der Waals surface area (Å²) in [6, 6.07) is 5.43. The van der Waals surface area contributed by atoms with Crippen LogP contribution in [0, 0.1) is 0 Å². The molecule has 0 N–H and O–H groups in total. The van der Waals surface area contributed by atoms with Gasteiger partial charge in [0.15, 0.2) is 0 Å². The zero-order valence-corrected chi connectivity index (χ0v) is 11.1. The number of ether oxygens (including phenoxy) is 1. The van der Waals surface area contributed by atoms with E-state index < -0.39 is 0 Å². The van der Waals surface area contributed by atoms with Crippen molar-refractivity contribution < 1.29 is 9.53 Å². The number of hydrogen-bond acceptors (Lipinski definition) is 3. The van der Waals surface area contributed by atoms with Crippen molar-refractivity contribution >= 4 is 39.2 Å². The summed E-state index contributed by atoms with van der Waals surface area (Å²) in [7, 11) is 1.41. The number of hydrogen-bond donors (Lipinski definition) is 0. The third-order valence-electron chi connectivity index (χ3n) is 2.73. The van der Waals surface area contributed by atoms with E-state index in [1.54, 1.807) is 0 Å². The van der Waals surface area contributed by atoms with Gasteiger partial charge in [-0.1, -0.05) is 17.7 Å². The first-order chi connectivity index (χ1) is 7.65. The van der Waals surface area contributed by atoms with Crippen LogP contribution in [0.25, 0.3) is 0 Å². The van der Waals surface area contributed by atoms with Gasteiger partial charge in [-0.15, -0.1) is 0 Å². The number of methoxy groups -OCH3 is 1. The molecule has 1 atom stereocenters. The van der Waals surface area contributed by atoms with Gasteiger partial charge in [0, 0.05) is 6.54 Å². The van der Waals surface area contributed by atoms with E-state index in [-0.39, 0.29) is 12.0 Å². The highest BCUT2D eigenvalue weighted by atomic mass is 79.9. The highest BCUT2D eigenvalue weighted by molar-refractivity contribution is 9.10. The van der Waals surface area contributed by atoms with Crippen LogP contribution in [0.1, 0.15) is 6.42 Å². The molecule has 1 unspecified atom stereocenters. The van der Waals surface area contributed by atoms with Gasteiger partial charge in [0.2, 0.25) is 0 Å². The van der Waals surface area contributed by atoms with Gasteiger partial charge in [0.25, 0.3) is 0 Å². The minimum Gasteiger partial charge on any atom is -0.467 e. The highest BCUT2D eigenvalue weighted by Crippen LogP contribution is 2.37. The Balaban J connectivity index is 2.25. The molecule has 2 rings (SSSR count). The molecule has 0 amide bonds. The van der Waals surface area contributed by atoms with Crippen molar-refractivity contribution in [2.75, 3.05) is 18.6 Å². The maximum atomic E-state index is 11.5. The van der Waals surface area contributed by atoms with Gasteiger partial charge in [0.1, 0.15) is 6.04 Å². The van der Waals surface area contributed by atoms with Crippen LogP contribution in [-0.2, 0) is 9.53 Å². The average molecular weight is 305 g/mol. The molecule has 0 spiro atoms. The Kier molecular flexibility index (Phi) is 3.40. The Morgan fingerprint density at radius 1 is 1.62 bits per heavy atom. The fourth-order valence-corrected chi connectivity index (χ4v) is 2.43. The molecule has 1 aliphatic rings. The van der Waals surface area contributed by atoms with E-state index >= 15 is 0 Å². The van der Waals surface area contributed by atoms with Crippen LogP contribution in [0.15, 0.2) is 22.7 Å². The molecule has 0 saturated carbocycles. The molecular weight excluding hydrogens is 293 g/mol. The Labute approximate surface area is 107 Å². The summed E-state index contributed by atoms with van der Waals surface area (Å²) in [5.41, 5.74) is 0.939. The minimum absolute atomic E-state index is 0.181. The van der Waals surface area contributed by atoms with Crippen molar-refractivity contribution in [3.05, 3.63) is 27.7 Å². The number of carbonyl (C=O) groups excluding carboxylic acids is 1. The molecule has 1 heterocycles. The molecule has 1 fully saturated rings. The van der Waals surface area contributed by atoms with Gasteiger partial charge < -0.3 is 9.64 Å². The van der Waals surface area contributed by atoms with E-state index in [9.17, 15) is 4.79 Å². The molecule has 86 valence electrons. The Morgan fingerprint density at radius 2 is 2.38 bits per heavy atom. The van der Waals surface area contributed by atoms with E-state index in [4.69, 9.17) is 16.3 Å². The topological polar surface area (TPSA) is 29.5 Å². The second-order valence-electron chi connectivity index (χ2n) is 3.59. The van der Waals surface area contributed by atoms with Crippen molar-refractivity contribution in [2.45, 2.75) is 12.5 Å². The smallest absolute Gasteiger partial charge is 0.328 e. The first-order valence-electron chi connectivity index (χ1n) is 4.93. The Hall–Kier alpha value is -0.740. The SMILES string of the molecule is COC(=O)C1CCN1c1cccc(Cl)c1Br. The monoisotopic (exact) mass is 303 g/mol. The lowest BCUT2D eigenvalue weighted by Crippen LogP contribution is -2.53. The normalized spacial score (nSPS) is 19.2. The summed E-state index contributed by atoms with van der Waals surface area (Å²) < 4.78 is 5.57. The van der Waals surface area contributed by atoms with Crippen molar-refractivity contribution in [2.24, 2.45) is 0 Å². The van der Waals surface area contributed by atoms with Crippen molar-refractivity contribution in [3.63, 3.8) is 0 Å². The van der Waals surface area contributed by atoms with Crippen LogP contribution in [0.4, 0.5) is 5.69 Å². The van der Waals surface area contributed by atoms with E-state index in [1.165, 1.54) is 7.11 Å². The quantitative estimate of drug-likeness (QED) is 0.787. The molecule has 5 heteroatoms. The molecule has 1 aliphatic heterocycles. The molecule has 3 nitrogen and oxygen atoms in total. The largest absolute Gasteiger partial charge is 0.467 e. The number of halogens is 2. The maximum absolute atomic E-state index is 11.5. The molecule has 0 bridgehead atoms. The van der Waals surface area contributed by atoms with Gasteiger partial charge in [-0.25, -0.2) is 4.79 Å². The molecule has 1 aromatic rings. The minimum atomic E-state index is -0.196. The summed E-state index contributed by atoms with van der Waals surface area (Å²) in [6.45, 7) is 0.846. The predicted molar refractivity (Wildman–Crippen MR) is 66.9 cm³/mol. The second-order valence-corrected chi connectivity index (χ2v) is 4.79.